The van der Waals surface area contributed by atoms with E-state index in [4.69, 9.17) is 5.73 Å². The van der Waals surface area contributed by atoms with E-state index >= 15 is 0 Å². The number of hydrogen-bond acceptors (Lipinski definition) is 3. The number of nitrogens with one attached hydrogen (secondary N) is 1. The highest BCUT2D eigenvalue weighted by atomic mass is 127. The molecule has 1 fully saturated rings. The van der Waals surface area contributed by atoms with Crippen LogP contribution in [-0.2, 0) is 0 Å². The van der Waals surface area contributed by atoms with E-state index in [0.29, 0.717) is 4.75 Å². The second-order valence-corrected chi connectivity index (χ2v) is 7.12. The number of nitrogens with two attached hydrogens (primary N) is 1. The molecule has 17 heavy (non-hydrogen) atoms. The molecule has 1 aliphatic carbocycles. The fourth-order valence-corrected chi connectivity index (χ4v) is 4.05. The third-order valence-electron chi connectivity index (χ3n) is 3.54. The largest absolute Gasteiger partial charge is 0.399 e. The molecule has 1 aromatic carbocycles. The number of hydrogen-bond donors (Lipinski definition) is 2. The zero-order valence-corrected chi connectivity index (χ0v) is 13.1. The first kappa shape index (κ1) is 13.3. The maximum Gasteiger partial charge on any atom is 0.0477 e. The highest BCUT2D eigenvalue weighted by molar-refractivity contribution is 14.1. The Morgan fingerprint density at radius 3 is 2.71 bits per heavy atom. The Bertz CT molecular complexity index is 389. The predicted molar refractivity (Wildman–Crippen MR) is 86.8 cm³/mol. The number of nitrogen functional groups attached to an aromatic ring is 1. The third kappa shape index (κ3) is 3.22. The van der Waals surface area contributed by atoms with Gasteiger partial charge in [-0.05, 0) is 59.9 Å². The van der Waals surface area contributed by atoms with E-state index in [1.807, 2.05) is 23.9 Å². The Hall–Kier alpha value is -0.100. The van der Waals surface area contributed by atoms with Crippen LogP contribution in [0.3, 0.4) is 0 Å². The molecule has 0 bridgehead atoms. The van der Waals surface area contributed by atoms with Crippen LogP contribution >= 0.6 is 34.4 Å². The van der Waals surface area contributed by atoms with Gasteiger partial charge in [0.05, 0.1) is 0 Å². The van der Waals surface area contributed by atoms with Gasteiger partial charge in [0, 0.05) is 26.2 Å². The molecular weight excluding hydrogens is 343 g/mol. The molecule has 2 nitrogen and oxygen atoms in total. The van der Waals surface area contributed by atoms with Gasteiger partial charge in [-0.2, -0.15) is 11.8 Å². The van der Waals surface area contributed by atoms with Gasteiger partial charge in [0.2, 0.25) is 0 Å². The summed E-state index contributed by atoms with van der Waals surface area (Å²) in [6.07, 6.45) is 7.67. The van der Waals surface area contributed by atoms with Crippen molar-refractivity contribution < 1.29 is 0 Å². The Kier molecular flexibility index (Phi) is 4.47. The Balaban J connectivity index is 2.01. The molecule has 2 rings (SSSR count). The molecule has 0 heterocycles. The molecular formula is C13H19IN2S. The van der Waals surface area contributed by atoms with Crippen LogP contribution in [-0.4, -0.2) is 17.5 Å². The van der Waals surface area contributed by atoms with Gasteiger partial charge >= 0.3 is 0 Å². The highest BCUT2D eigenvalue weighted by Crippen LogP contribution is 2.40. The first-order valence-electron chi connectivity index (χ1n) is 5.99. The molecule has 0 saturated heterocycles. The number of benzene rings is 1. The van der Waals surface area contributed by atoms with Crippen LogP contribution in [0.4, 0.5) is 11.4 Å². The molecule has 3 N–H and O–H groups in total. The minimum Gasteiger partial charge on any atom is -0.399 e. The van der Waals surface area contributed by atoms with E-state index in [1.54, 1.807) is 0 Å². The Morgan fingerprint density at radius 2 is 2.12 bits per heavy atom. The first-order valence-corrected chi connectivity index (χ1v) is 8.30. The molecule has 0 amide bonds. The van der Waals surface area contributed by atoms with Gasteiger partial charge in [-0.15, -0.1) is 0 Å². The average molecular weight is 362 g/mol. The molecule has 94 valence electrons. The lowest BCUT2D eigenvalue weighted by atomic mass is 10.1. The molecule has 0 unspecified atom stereocenters. The standard InChI is InChI=1S/C13H19IN2S/c1-17-13(6-2-3-7-13)9-16-12-5-4-10(15)8-11(12)14/h4-5,8,16H,2-3,6-7,9,15H2,1H3. The van der Waals surface area contributed by atoms with Gasteiger partial charge < -0.3 is 11.1 Å². The fourth-order valence-electron chi connectivity index (χ4n) is 2.40. The minimum absolute atomic E-state index is 0.449. The lowest BCUT2D eigenvalue weighted by Gasteiger charge is -2.27. The summed E-state index contributed by atoms with van der Waals surface area (Å²) in [5.41, 5.74) is 7.80. The summed E-state index contributed by atoms with van der Waals surface area (Å²) >= 11 is 4.36. The van der Waals surface area contributed by atoms with Crippen molar-refractivity contribution in [1.29, 1.82) is 0 Å². The summed E-state index contributed by atoms with van der Waals surface area (Å²) in [4.78, 5) is 0. The van der Waals surface area contributed by atoms with Gasteiger partial charge in [-0.3, -0.25) is 0 Å². The van der Waals surface area contributed by atoms with Gasteiger partial charge in [-0.1, -0.05) is 12.8 Å². The average Bonchev–Trinajstić information content (AvgIpc) is 2.77. The Morgan fingerprint density at radius 1 is 1.41 bits per heavy atom. The number of halogens is 1. The quantitative estimate of drug-likeness (QED) is 0.629. The van der Waals surface area contributed by atoms with E-state index in [9.17, 15) is 0 Å². The molecule has 0 spiro atoms. The van der Waals surface area contributed by atoms with Gasteiger partial charge in [0.25, 0.3) is 0 Å². The van der Waals surface area contributed by atoms with Crippen molar-refractivity contribution in [2.75, 3.05) is 23.9 Å². The van der Waals surface area contributed by atoms with Gasteiger partial charge in [0.1, 0.15) is 0 Å². The van der Waals surface area contributed by atoms with Gasteiger partial charge in [0.15, 0.2) is 0 Å². The molecule has 0 aromatic heterocycles. The predicted octanol–water partition coefficient (Wildman–Crippen LogP) is 3.96. The summed E-state index contributed by atoms with van der Waals surface area (Å²) in [5.74, 6) is 0. The van der Waals surface area contributed by atoms with Gasteiger partial charge in [-0.25, -0.2) is 0 Å². The van der Waals surface area contributed by atoms with E-state index in [2.05, 4.69) is 40.2 Å². The van der Waals surface area contributed by atoms with Crippen molar-refractivity contribution in [2.45, 2.75) is 30.4 Å². The topological polar surface area (TPSA) is 38.0 Å². The van der Waals surface area contributed by atoms with E-state index in [-0.39, 0.29) is 0 Å². The molecule has 1 aliphatic rings. The highest BCUT2D eigenvalue weighted by Gasteiger charge is 2.32. The number of anilines is 2. The maximum atomic E-state index is 5.76. The van der Waals surface area contributed by atoms with Crippen LogP contribution in [0.15, 0.2) is 18.2 Å². The van der Waals surface area contributed by atoms with E-state index in [1.165, 1.54) is 34.9 Å². The molecule has 0 aliphatic heterocycles. The summed E-state index contributed by atoms with van der Waals surface area (Å²) in [6, 6.07) is 6.06. The summed E-state index contributed by atoms with van der Waals surface area (Å²) in [5, 5.41) is 3.59. The molecule has 0 atom stereocenters. The first-order chi connectivity index (χ1) is 8.15. The van der Waals surface area contributed by atoms with Crippen LogP contribution in [0, 0.1) is 3.57 Å². The minimum atomic E-state index is 0.449. The van der Waals surface area contributed by atoms with Crippen molar-refractivity contribution in [1.82, 2.24) is 0 Å². The molecule has 1 aromatic rings. The summed E-state index contributed by atoms with van der Waals surface area (Å²) < 4.78 is 1.65. The normalized spacial score (nSPS) is 18.2. The van der Waals surface area contributed by atoms with Crippen LogP contribution in [0.1, 0.15) is 25.7 Å². The number of thioether (sulfide) groups is 1. The van der Waals surface area contributed by atoms with Crippen LogP contribution in [0.25, 0.3) is 0 Å². The van der Waals surface area contributed by atoms with Crippen LogP contribution in [0.5, 0.6) is 0 Å². The smallest absolute Gasteiger partial charge is 0.0477 e. The van der Waals surface area contributed by atoms with Crippen molar-refractivity contribution in [3.8, 4) is 0 Å². The van der Waals surface area contributed by atoms with Crippen molar-refractivity contribution in [2.24, 2.45) is 0 Å². The second-order valence-electron chi connectivity index (χ2n) is 4.69. The third-order valence-corrected chi connectivity index (χ3v) is 5.85. The second kappa shape index (κ2) is 5.69. The van der Waals surface area contributed by atoms with Crippen LogP contribution in [0.2, 0.25) is 0 Å². The monoisotopic (exact) mass is 362 g/mol. The summed E-state index contributed by atoms with van der Waals surface area (Å²) in [6.45, 7) is 1.06. The zero-order valence-electron chi connectivity index (χ0n) is 10.1. The molecule has 1 saturated carbocycles. The lowest BCUT2D eigenvalue weighted by molar-refractivity contribution is 0.640. The van der Waals surface area contributed by atoms with E-state index < -0.39 is 0 Å². The zero-order chi connectivity index (χ0) is 12.3. The van der Waals surface area contributed by atoms with Crippen LogP contribution < -0.4 is 11.1 Å². The molecule has 0 radical (unpaired) electrons. The van der Waals surface area contributed by atoms with Crippen molar-refractivity contribution in [3.05, 3.63) is 21.8 Å². The lowest BCUT2D eigenvalue weighted by Crippen LogP contribution is -2.30. The SMILES string of the molecule is CSC1(CNc2ccc(N)cc2I)CCCC1. The van der Waals surface area contributed by atoms with Crippen molar-refractivity contribution in [3.63, 3.8) is 0 Å². The molecule has 4 heteroatoms. The Labute approximate surface area is 121 Å². The summed E-state index contributed by atoms with van der Waals surface area (Å²) in [7, 11) is 0. The maximum absolute atomic E-state index is 5.76. The van der Waals surface area contributed by atoms with Crippen molar-refractivity contribution >= 4 is 45.7 Å². The fraction of sp³-hybridized carbons (Fsp3) is 0.538. The number of rotatable bonds is 4. The van der Waals surface area contributed by atoms with E-state index in [0.717, 1.165) is 12.2 Å².